The highest BCUT2D eigenvalue weighted by Gasteiger charge is 2.59. The fourth-order valence-electron chi connectivity index (χ4n) is 6.98. The van der Waals surface area contributed by atoms with Crippen molar-refractivity contribution in [3.05, 3.63) is 26.6 Å². The first-order chi connectivity index (χ1) is 11.7. The molecule has 25 heavy (non-hydrogen) atoms. The summed E-state index contributed by atoms with van der Waals surface area (Å²) in [6.07, 6.45) is 8.34. The lowest BCUT2D eigenvalue weighted by molar-refractivity contribution is -0.118. The zero-order valence-corrected chi connectivity index (χ0v) is 18.7. The van der Waals surface area contributed by atoms with E-state index in [0.29, 0.717) is 23.0 Å². The molecule has 4 aliphatic rings. The van der Waals surface area contributed by atoms with Crippen molar-refractivity contribution < 1.29 is 4.74 Å². The first-order valence-electron chi connectivity index (χ1n) is 9.60. The van der Waals surface area contributed by atoms with Crippen molar-refractivity contribution in [3.63, 3.8) is 0 Å². The van der Waals surface area contributed by atoms with Crippen molar-refractivity contribution in [3.8, 4) is 5.75 Å². The van der Waals surface area contributed by atoms with Gasteiger partial charge in [-0.25, -0.2) is 0 Å². The van der Waals surface area contributed by atoms with Crippen molar-refractivity contribution in [2.75, 3.05) is 6.61 Å². The Morgan fingerprint density at radius 2 is 1.76 bits per heavy atom. The van der Waals surface area contributed by atoms with Crippen LogP contribution in [0.2, 0.25) is 0 Å². The molecule has 4 heteroatoms. The molecule has 1 aromatic carbocycles. The predicted octanol–water partition coefficient (Wildman–Crippen LogP) is 6.45. The van der Waals surface area contributed by atoms with Crippen LogP contribution in [-0.2, 0) is 6.54 Å². The monoisotopic (exact) mass is 469 g/mol. The zero-order chi connectivity index (χ0) is 17.9. The summed E-state index contributed by atoms with van der Waals surface area (Å²) in [5.74, 6) is 1.90. The first-order valence-corrected chi connectivity index (χ1v) is 11.2. The van der Waals surface area contributed by atoms with Gasteiger partial charge >= 0.3 is 0 Å². The summed E-state index contributed by atoms with van der Waals surface area (Å²) in [7, 11) is 0. The fraction of sp³-hybridized carbons (Fsp3) is 0.714. The average molecular weight is 471 g/mol. The van der Waals surface area contributed by atoms with Crippen LogP contribution in [0.25, 0.3) is 0 Å². The van der Waals surface area contributed by atoms with E-state index in [1.165, 1.54) is 44.1 Å². The maximum absolute atomic E-state index is 5.93. The molecular formula is C21H29Br2NO. The average Bonchev–Trinajstić information content (AvgIpc) is 2.44. The summed E-state index contributed by atoms with van der Waals surface area (Å²) in [6.45, 7) is 8.69. The van der Waals surface area contributed by atoms with E-state index in [1.54, 1.807) is 0 Å². The molecule has 0 radical (unpaired) electrons. The third-order valence-electron chi connectivity index (χ3n) is 6.65. The van der Waals surface area contributed by atoms with E-state index in [2.05, 4.69) is 63.2 Å². The van der Waals surface area contributed by atoms with Gasteiger partial charge in [-0.2, -0.15) is 0 Å². The predicted molar refractivity (Wildman–Crippen MR) is 110 cm³/mol. The van der Waals surface area contributed by atoms with Gasteiger partial charge < -0.3 is 10.1 Å². The highest BCUT2D eigenvalue weighted by atomic mass is 79.9. The largest absolute Gasteiger partial charge is 0.492 e. The lowest BCUT2D eigenvalue weighted by Crippen LogP contribution is -2.63. The van der Waals surface area contributed by atoms with Crippen molar-refractivity contribution in [2.45, 2.75) is 71.4 Å². The third-order valence-corrected chi connectivity index (χ3v) is 7.70. The second-order valence-electron chi connectivity index (χ2n) is 9.57. The van der Waals surface area contributed by atoms with Gasteiger partial charge in [0, 0.05) is 22.1 Å². The number of nitrogens with one attached hydrogen (secondary N) is 1. The van der Waals surface area contributed by atoms with Gasteiger partial charge in [-0.3, -0.25) is 0 Å². The van der Waals surface area contributed by atoms with Gasteiger partial charge in [-0.15, -0.1) is 0 Å². The van der Waals surface area contributed by atoms with Crippen LogP contribution in [0, 0.1) is 16.7 Å². The smallest absolute Gasteiger partial charge is 0.138 e. The number of benzene rings is 1. The van der Waals surface area contributed by atoms with Crippen LogP contribution in [0.15, 0.2) is 21.1 Å². The second kappa shape index (κ2) is 6.24. The summed E-state index contributed by atoms with van der Waals surface area (Å²) in [5, 5.41) is 4.03. The Bertz CT molecular complexity index is 671. The molecule has 4 bridgehead atoms. The molecule has 1 N–H and O–H groups in total. The van der Waals surface area contributed by atoms with Crippen molar-refractivity contribution in [2.24, 2.45) is 16.7 Å². The van der Waals surface area contributed by atoms with Gasteiger partial charge in [0.1, 0.15) is 5.75 Å². The molecule has 2 unspecified atom stereocenters. The molecule has 1 aromatic rings. The third kappa shape index (κ3) is 3.43. The first kappa shape index (κ1) is 18.3. The molecule has 0 amide bonds. The van der Waals surface area contributed by atoms with E-state index >= 15 is 0 Å². The van der Waals surface area contributed by atoms with E-state index in [0.717, 1.165) is 27.2 Å². The topological polar surface area (TPSA) is 21.3 Å². The Morgan fingerprint density at radius 1 is 1.08 bits per heavy atom. The number of rotatable bonds is 5. The number of hydrogen-bond donors (Lipinski definition) is 1. The molecule has 4 aliphatic carbocycles. The van der Waals surface area contributed by atoms with Crippen LogP contribution in [0.4, 0.5) is 0 Å². The quantitative estimate of drug-likeness (QED) is 0.533. The Hall–Kier alpha value is -0.0600. The maximum Gasteiger partial charge on any atom is 0.138 e. The number of hydrogen-bond acceptors (Lipinski definition) is 2. The highest BCUT2D eigenvalue weighted by molar-refractivity contribution is 9.11. The minimum Gasteiger partial charge on any atom is -0.492 e. The van der Waals surface area contributed by atoms with Crippen LogP contribution >= 0.6 is 31.9 Å². The second-order valence-corrected chi connectivity index (χ2v) is 11.3. The Kier molecular flexibility index (Phi) is 4.57. The summed E-state index contributed by atoms with van der Waals surface area (Å²) < 4.78 is 8.06. The van der Waals surface area contributed by atoms with E-state index in [9.17, 15) is 0 Å². The fourth-order valence-corrected chi connectivity index (χ4v) is 8.41. The van der Waals surface area contributed by atoms with E-state index in [4.69, 9.17) is 4.74 Å². The van der Waals surface area contributed by atoms with E-state index in [1.807, 2.05) is 6.92 Å². The molecule has 2 nitrogen and oxygen atoms in total. The van der Waals surface area contributed by atoms with Gasteiger partial charge in [0.2, 0.25) is 0 Å². The summed E-state index contributed by atoms with van der Waals surface area (Å²) in [4.78, 5) is 0. The standard InChI is InChI=1S/C21H29Br2NO/c1-4-25-18-15(5-16(22)6-17(18)23)10-24-21-9-14-7-19(2,12-21)11-20(3,8-14)13-21/h5-6,14,24H,4,7-13H2,1-3H3. The molecule has 0 aliphatic heterocycles. The minimum absolute atomic E-state index is 0.321. The summed E-state index contributed by atoms with van der Waals surface area (Å²) >= 11 is 7.30. The maximum atomic E-state index is 5.93. The SMILES string of the molecule is CCOc1c(Br)cc(Br)cc1CNC12CC3CC(C)(CC(C)(C3)C1)C2. The zero-order valence-electron chi connectivity index (χ0n) is 15.6. The Balaban J connectivity index is 1.58. The molecule has 5 rings (SSSR count). The molecule has 4 fully saturated rings. The molecule has 0 saturated heterocycles. The van der Waals surface area contributed by atoms with Crippen molar-refractivity contribution >= 4 is 31.9 Å². The van der Waals surface area contributed by atoms with Crippen LogP contribution in [0.1, 0.15) is 64.9 Å². The van der Waals surface area contributed by atoms with Crippen LogP contribution in [0.5, 0.6) is 5.75 Å². The van der Waals surface area contributed by atoms with E-state index in [-0.39, 0.29) is 0 Å². The molecule has 4 saturated carbocycles. The molecule has 0 aromatic heterocycles. The lowest BCUT2D eigenvalue weighted by Gasteiger charge is -2.65. The molecule has 0 heterocycles. The van der Waals surface area contributed by atoms with Gasteiger partial charge in [-0.05, 0) is 90.3 Å². The minimum atomic E-state index is 0.321. The Labute approximate surface area is 168 Å². The van der Waals surface area contributed by atoms with Crippen molar-refractivity contribution in [1.29, 1.82) is 0 Å². The molecule has 138 valence electrons. The number of halogens is 2. The normalized spacial score (nSPS) is 39.0. The number of ether oxygens (including phenoxy) is 1. The van der Waals surface area contributed by atoms with Crippen molar-refractivity contribution in [1.82, 2.24) is 5.32 Å². The van der Waals surface area contributed by atoms with Gasteiger partial charge in [-0.1, -0.05) is 29.8 Å². The van der Waals surface area contributed by atoms with E-state index < -0.39 is 0 Å². The summed E-state index contributed by atoms with van der Waals surface area (Å²) in [5.41, 5.74) is 2.65. The van der Waals surface area contributed by atoms with Gasteiger partial charge in [0.25, 0.3) is 0 Å². The highest BCUT2D eigenvalue weighted by Crippen LogP contribution is 2.66. The lowest BCUT2D eigenvalue weighted by atomic mass is 9.43. The van der Waals surface area contributed by atoms with Crippen LogP contribution in [-0.4, -0.2) is 12.1 Å². The van der Waals surface area contributed by atoms with Gasteiger partial charge in [0.15, 0.2) is 0 Å². The van der Waals surface area contributed by atoms with Crippen LogP contribution in [0.3, 0.4) is 0 Å². The molecule has 0 spiro atoms. The Morgan fingerprint density at radius 3 is 2.36 bits per heavy atom. The van der Waals surface area contributed by atoms with Crippen LogP contribution < -0.4 is 10.1 Å². The molecule has 2 atom stereocenters. The molecular weight excluding hydrogens is 442 g/mol. The summed E-state index contributed by atoms with van der Waals surface area (Å²) in [6, 6.07) is 4.27. The van der Waals surface area contributed by atoms with Gasteiger partial charge in [0.05, 0.1) is 11.1 Å².